The van der Waals surface area contributed by atoms with Crippen LogP contribution in [0, 0.1) is 0 Å². The van der Waals surface area contributed by atoms with Crippen molar-refractivity contribution >= 4 is 5.97 Å². The molecule has 0 N–H and O–H groups in total. The van der Waals surface area contributed by atoms with E-state index in [4.69, 9.17) is 4.74 Å². The zero-order chi connectivity index (χ0) is 8.10. The van der Waals surface area contributed by atoms with E-state index in [1.54, 1.807) is 6.08 Å². The number of rotatable bonds is 2. The molecule has 1 heterocycles. The first-order valence-electron chi connectivity index (χ1n) is 3.46. The molecule has 0 amide bonds. The number of hydrogen-bond donors (Lipinski definition) is 0. The van der Waals surface area contributed by atoms with Crippen LogP contribution in [-0.4, -0.2) is 12.6 Å². The second-order valence-electron chi connectivity index (χ2n) is 2.23. The molecular weight excluding hydrogens is 140 g/mol. The van der Waals surface area contributed by atoms with Gasteiger partial charge in [-0.05, 0) is 11.6 Å². The minimum absolute atomic E-state index is 0.156. The lowest BCUT2D eigenvalue weighted by Gasteiger charge is -2.08. The van der Waals surface area contributed by atoms with E-state index >= 15 is 0 Å². The summed E-state index contributed by atoms with van der Waals surface area (Å²) in [6, 6.07) is 0. The van der Waals surface area contributed by atoms with Crippen molar-refractivity contribution in [3.05, 3.63) is 36.5 Å². The van der Waals surface area contributed by atoms with Gasteiger partial charge in [-0.25, -0.2) is 0 Å². The molecule has 0 spiro atoms. The fourth-order valence-electron chi connectivity index (χ4n) is 0.850. The minimum atomic E-state index is -0.156. The number of esters is 1. The van der Waals surface area contributed by atoms with Crippen LogP contribution in [0.5, 0.6) is 0 Å². The van der Waals surface area contributed by atoms with Gasteiger partial charge >= 0.3 is 5.97 Å². The van der Waals surface area contributed by atoms with Gasteiger partial charge in [0.1, 0.15) is 6.61 Å². The zero-order valence-corrected chi connectivity index (χ0v) is 6.25. The van der Waals surface area contributed by atoms with Gasteiger partial charge in [0.15, 0.2) is 0 Å². The predicted octanol–water partition coefficient (Wildman–Crippen LogP) is 1.60. The van der Waals surface area contributed by atoms with Crippen molar-refractivity contribution in [2.24, 2.45) is 0 Å². The Labute approximate surface area is 65.9 Å². The van der Waals surface area contributed by atoms with Crippen LogP contribution in [-0.2, 0) is 9.53 Å². The summed E-state index contributed by atoms with van der Waals surface area (Å²) in [5, 5.41) is 0. The standard InChI is InChI=1S/C9H10O2/c1-2-3-4-8-5-6-11-9(10)7-8/h2-5H,1,6-7H2/b4-3-. The van der Waals surface area contributed by atoms with Crippen molar-refractivity contribution in [2.75, 3.05) is 6.61 Å². The Morgan fingerprint density at radius 1 is 1.64 bits per heavy atom. The summed E-state index contributed by atoms with van der Waals surface area (Å²) in [5.74, 6) is -0.156. The van der Waals surface area contributed by atoms with E-state index in [1.807, 2.05) is 18.2 Å². The molecule has 0 atom stereocenters. The van der Waals surface area contributed by atoms with Crippen molar-refractivity contribution in [3.63, 3.8) is 0 Å². The maximum Gasteiger partial charge on any atom is 0.310 e. The Hall–Kier alpha value is -1.31. The second-order valence-corrected chi connectivity index (χ2v) is 2.23. The Morgan fingerprint density at radius 2 is 2.45 bits per heavy atom. The third-order valence-corrected chi connectivity index (χ3v) is 1.38. The van der Waals surface area contributed by atoms with Gasteiger partial charge < -0.3 is 4.74 Å². The molecule has 1 aliphatic rings. The van der Waals surface area contributed by atoms with E-state index in [-0.39, 0.29) is 5.97 Å². The summed E-state index contributed by atoms with van der Waals surface area (Å²) in [7, 11) is 0. The number of carbonyl (C=O) groups is 1. The highest BCUT2D eigenvalue weighted by molar-refractivity contribution is 5.74. The summed E-state index contributed by atoms with van der Waals surface area (Å²) in [6.07, 6.45) is 7.63. The van der Waals surface area contributed by atoms with E-state index in [2.05, 4.69) is 6.58 Å². The van der Waals surface area contributed by atoms with Crippen LogP contribution in [0.4, 0.5) is 0 Å². The molecule has 0 fully saturated rings. The highest BCUT2D eigenvalue weighted by Crippen LogP contribution is 2.09. The molecule has 0 aromatic heterocycles. The van der Waals surface area contributed by atoms with Crippen LogP contribution in [0.2, 0.25) is 0 Å². The number of ether oxygens (including phenoxy) is 1. The fourth-order valence-corrected chi connectivity index (χ4v) is 0.850. The van der Waals surface area contributed by atoms with Crippen molar-refractivity contribution in [2.45, 2.75) is 6.42 Å². The number of hydrogen-bond acceptors (Lipinski definition) is 2. The molecule has 0 radical (unpaired) electrons. The molecular formula is C9H10O2. The van der Waals surface area contributed by atoms with E-state index in [1.165, 1.54) is 0 Å². The zero-order valence-electron chi connectivity index (χ0n) is 6.25. The van der Waals surface area contributed by atoms with Gasteiger partial charge in [0.2, 0.25) is 0 Å². The predicted molar refractivity (Wildman–Crippen MR) is 43.0 cm³/mol. The molecule has 0 aromatic carbocycles. The van der Waals surface area contributed by atoms with Crippen molar-refractivity contribution < 1.29 is 9.53 Å². The highest BCUT2D eigenvalue weighted by atomic mass is 16.5. The molecule has 2 nitrogen and oxygen atoms in total. The van der Waals surface area contributed by atoms with Gasteiger partial charge in [0, 0.05) is 0 Å². The molecule has 0 bridgehead atoms. The van der Waals surface area contributed by atoms with Crippen LogP contribution in [0.15, 0.2) is 36.5 Å². The van der Waals surface area contributed by atoms with E-state index < -0.39 is 0 Å². The Balaban J connectivity index is 2.57. The Bertz CT molecular complexity index is 224. The summed E-state index contributed by atoms with van der Waals surface area (Å²) < 4.78 is 4.71. The first-order chi connectivity index (χ1) is 5.33. The molecule has 0 aromatic rings. The average Bonchev–Trinajstić information content (AvgIpc) is 2.01. The van der Waals surface area contributed by atoms with Crippen molar-refractivity contribution in [1.82, 2.24) is 0 Å². The molecule has 2 heteroatoms. The van der Waals surface area contributed by atoms with Gasteiger partial charge in [-0.3, -0.25) is 4.79 Å². The van der Waals surface area contributed by atoms with E-state index in [0.717, 1.165) is 5.57 Å². The van der Waals surface area contributed by atoms with Crippen molar-refractivity contribution in [3.8, 4) is 0 Å². The van der Waals surface area contributed by atoms with E-state index in [9.17, 15) is 4.79 Å². The van der Waals surface area contributed by atoms with Crippen LogP contribution in [0.3, 0.4) is 0 Å². The van der Waals surface area contributed by atoms with Crippen LogP contribution < -0.4 is 0 Å². The lowest BCUT2D eigenvalue weighted by molar-refractivity contribution is -0.142. The first-order valence-corrected chi connectivity index (χ1v) is 3.46. The largest absolute Gasteiger partial charge is 0.461 e. The summed E-state index contributed by atoms with van der Waals surface area (Å²) in [6.45, 7) is 3.93. The third-order valence-electron chi connectivity index (χ3n) is 1.38. The molecule has 1 rings (SSSR count). The van der Waals surface area contributed by atoms with Gasteiger partial charge in [0.25, 0.3) is 0 Å². The molecule has 1 aliphatic heterocycles. The first kappa shape index (κ1) is 7.79. The molecule has 0 saturated heterocycles. The molecule has 11 heavy (non-hydrogen) atoms. The number of allylic oxidation sites excluding steroid dienone is 3. The number of carbonyl (C=O) groups excluding carboxylic acids is 1. The Morgan fingerprint density at radius 3 is 3.09 bits per heavy atom. The molecule has 0 unspecified atom stereocenters. The SMILES string of the molecule is C=C/C=C\C1=CCOC(=O)C1. The third kappa shape index (κ3) is 2.42. The summed E-state index contributed by atoms with van der Waals surface area (Å²) in [5.41, 5.74) is 1.00. The van der Waals surface area contributed by atoms with Gasteiger partial charge in [0.05, 0.1) is 6.42 Å². The normalized spacial score (nSPS) is 17.8. The maximum absolute atomic E-state index is 10.7. The fraction of sp³-hybridized carbons (Fsp3) is 0.222. The smallest absolute Gasteiger partial charge is 0.310 e. The van der Waals surface area contributed by atoms with Gasteiger partial charge in [-0.1, -0.05) is 24.8 Å². The lowest BCUT2D eigenvalue weighted by atomic mass is 10.1. The summed E-state index contributed by atoms with van der Waals surface area (Å²) in [4.78, 5) is 10.7. The van der Waals surface area contributed by atoms with E-state index in [0.29, 0.717) is 13.0 Å². The molecule has 0 saturated carbocycles. The minimum Gasteiger partial charge on any atom is -0.461 e. The number of cyclic esters (lactones) is 1. The second kappa shape index (κ2) is 3.76. The van der Waals surface area contributed by atoms with Crippen LogP contribution >= 0.6 is 0 Å². The monoisotopic (exact) mass is 150 g/mol. The van der Waals surface area contributed by atoms with Crippen molar-refractivity contribution in [1.29, 1.82) is 0 Å². The van der Waals surface area contributed by atoms with Crippen LogP contribution in [0.1, 0.15) is 6.42 Å². The van der Waals surface area contributed by atoms with Crippen LogP contribution in [0.25, 0.3) is 0 Å². The topological polar surface area (TPSA) is 26.3 Å². The van der Waals surface area contributed by atoms with Gasteiger partial charge in [-0.15, -0.1) is 0 Å². The molecule has 58 valence electrons. The molecule has 0 aliphatic carbocycles. The Kier molecular flexibility index (Phi) is 2.66. The summed E-state index contributed by atoms with van der Waals surface area (Å²) >= 11 is 0. The average molecular weight is 150 g/mol. The highest BCUT2D eigenvalue weighted by Gasteiger charge is 2.08. The van der Waals surface area contributed by atoms with Gasteiger partial charge in [-0.2, -0.15) is 0 Å². The lowest BCUT2D eigenvalue weighted by Crippen LogP contribution is -2.10. The maximum atomic E-state index is 10.7. The quantitative estimate of drug-likeness (QED) is 0.441.